The quantitative estimate of drug-likeness (QED) is 0.512. The van der Waals surface area contributed by atoms with Crippen molar-refractivity contribution in [2.45, 2.75) is 0 Å². The Morgan fingerprint density at radius 1 is 1.67 bits per heavy atom. The van der Waals surface area contributed by atoms with Crippen LogP contribution in [0.3, 0.4) is 0 Å². The normalized spacial score (nSPS) is 16.9. The first-order valence-electron chi connectivity index (χ1n) is 2.79. The summed E-state index contributed by atoms with van der Waals surface area (Å²) in [6, 6.07) is 0. The smallest absolute Gasteiger partial charge is 0.0260 e. The third-order valence-corrected chi connectivity index (χ3v) is 1.23. The van der Waals surface area contributed by atoms with Crippen LogP contribution in [0, 0.1) is 13.0 Å². The van der Waals surface area contributed by atoms with Crippen LogP contribution in [-0.2, 0) is 0 Å². The molecule has 1 N–H and O–H groups in total. The third-order valence-electron chi connectivity index (χ3n) is 1.23. The highest BCUT2D eigenvalue weighted by Gasteiger charge is 1.93. The second-order valence-electron chi connectivity index (χ2n) is 1.86. The molecule has 0 aliphatic heterocycles. The molecule has 0 aromatic carbocycles. The average molecular weight is 120 g/mol. The van der Waals surface area contributed by atoms with Crippen molar-refractivity contribution >= 4 is 0 Å². The van der Waals surface area contributed by atoms with Crippen molar-refractivity contribution in [1.29, 1.82) is 0 Å². The van der Waals surface area contributed by atoms with Crippen molar-refractivity contribution in [2.24, 2.45) is 0 Å². The number of hydrogen-bond donors (Lipinski definition) is 1. The molecule has 0 aromatic heterocycles. The van der Waals surface area contributed by atoms with Crippen LogP contribution in [0.4, 0.5) is 0 Å². The van der Waals surface area contributed by atoms with Gasteiger partial charge in [-0.05, 0) is 5.57 Å². The summed E-state index contributed by atoms with van der Waals surface area (Å²) in [6.45, 7) is 5.49. The van der Waals surface area contributed by atoms with Gasteiger partial charge in [0.25, 0.3) is 0 Å². The van der Waals surface area contributed by atoms with Gasteiger partial charge in [0, 0.05) is 6.61 Å². The fraction of sp³-hybridized carbons (Fsp3) is 0.125. The fourth-order valence-electron chi connectivity index (χ4n) is 0.678. The molecule has 0 radical (unpaired) electrons. The number of allylic oxidation sites excluding steroid dienone is 3. The van der Waals surface area contributed by atoms with E-state index in [0.717, 1.165) is 5.57 Å². The van der Waals surface area contributed by atoms with Crippen molar-refractivity contribution < 1.29 is 5.11 Å². The van der Waals surface area contributed by atoms with E-state index in [1.54, 1.807) is 12.2 Å². The van der Waals surface area contributed by atoms with Crippen LogP contribution in [0.15, 0.2) is 29.4 Å². The van der Waals surface area contributed by atoms with E-state index in [1.165, 1.54) is 0 Å². The summed E-state index contributed by atoms with van der Waals surface area (Å²) in [5.41, 5.74) is 1.44. The van der Waals surface area contributed by atoms with Gasteiger partial charge in [-0.1, -0.05) is 6.58 Å². The highest BCUT2D eigenvalue weighted by Crippen LogP contribution is 2.13. The molecule has 0 amide bonds. The minimum absolute atomic E-state index is 0.0205. The molecule has 0 atom stereocenters. The third kappa shape index (κ3) is 1.20. The van der Waals surface area contributed by atoms with Crippen molar-refractivity contribution in [3.63, 3.8) is 0 Å². The van der Waals surface area contributed by atoms with Gasteiger partial charge < -0.3 is 5.11 Å². The number of hydrogen-bond acceptors (Lipinski definition) is 1. The zero-order chi connectivity index (χ0) is 6.69. The van der Waals surface area contributed by atoms with E-state index in [2.05, 4.69) is 0 Å². The van der Waals surface area contributed by atoms with Crippen LogP contribution in [-0.4, -0.2) is 11.7 Å². The van der Waals surface area contributed by atoms with Crippen LogP contribution in [0.5, 0.6) is 0 Å². The largest absolute Gasteiger partial charge is 0.404 e. The number of rotatable bonds is 1. The average Bonchev–Trinajstić information content (AvgIpc) is 1.89. The second kappa shape index (κ2) is 2.49. The van der Waals surface area contributed by atoms with Crippen molar-refractivity contribution in [1.82, 2.24) is 0 Å². The van der Waals surface area contributed by atoms with E-state index < -0.39 is 0 Å². The van der Waals surface area contributed by atoms with E-state index in [0.29, 0.717) is 5.57 Å². The summed E-state index contributed by atoms with van der Waals surface area (Å²) in [4.78, 5) is 0. The van der Waals surface area contributed by atoms with Gasteiger partial charge in [-0.3, -0.25) is 0 Å². The monoisotopic (exact) mass is 120 g/mol. The van der Waals surface area contributed by atoms with Crippen molar-refractivity contribution in [3.05, 3.63) is 42.4 Å². The predicted molar refractivity (Wildman–Crippen MR) is 36.4 cm³/mol. The lowest BCUT2D eigenvalue weighted by atomic mass is 10.0. The van der Waals surface area contributed by atoms with Crippen molar-refractivity contribution in [3.8, 4) is 0 Å². The van der Waals surface area contributed by atoms with Gasteiger partial charge >= 0.3 is 0 Å². The van der Waals surface area contributed by atoms with E-state index in [1.807, 2.05) is 12.5 Å². The molecule has 0 unspecified atom stereocenters. The molecule has 0 fully saturated rings. The number of aliphatic hydroxyl groups is 1. The van der Waals surface area contributed by atoms with E-state index >= 15 is 0 Å². The van der Waals surface area contributed by atoms with Gasteiger partial charge in [0.1, 0.15) is 0 Å². The lowest BCUT2D eigenvalue weighted by Gasteiger charge is -2.12. The van der Waals surface area contributed by atoms with Crippen LogP contribution in [0.25, 0.3) is 0 Å². The molecule has 1 rings (SSSR count). The van der Waals surface area contributed by atoms with Gasteiger partial charge in [0.2, 0.25) is 0 Å². The Hall–Kier alpha value is -1.04. The standard InChI is InChI=1S/C8H8O/c1-7-4-2-3-5-8(7)6-9/h1-5,9H,6H2. The van der Waals surface area contributed by atoms with Crippen LogP contribution >= 0.6 is 0 Å². The lowest BCUT2D eigenvalue weighted by Crippen LogP contribution is -1.94. The Morgan fingerprint density at radius 2 is 2.44 bits per heavy atom. The molecule has 9 heavy (non-hydrogen) atoms. The molecule has 46 valence electrons. The van der Waals surface area contributed by atoms with Crippen molar-refractivity contribution in [2.75, 3.05) is 6.61 Å². The van der Waals surface area contributed by atoms with Gasteiger partial charge in [0.05, 0.1) is 0 Å². The second-order valence-corrected chi connectivity index (χ2v) is 1.86. The summed E-state index contributed by atoms with van der Waals surface area (Å²) >= 11 is 0. The first-order chi connectivity index (χ1) is 4.34. The fourth-order valence-corrected chi connectivity index (χ4v) is 0.678. The van der Waals surface area contributed by atoms with E-state index in [4.69, 9.17) is 11.7 Å². The summed E-state index contributed by atoms with van der Waals surface area (Å²) in [5.74, 6) is 0. The molecule has 0 spiro atoms. The minimum Gasteiger partial charge on any atom is -0.404 e. The van der Waals surface area contributed by atoms with Crippen LogP contribution in [0.1, 0.15) is 0 Å². The first kappa shape index (κ1) is 6.09. The van der Waals surface area contributed by atoms with Crippen LogP contribution < -0.4 is 0 Å². The summed E-state index contributed by atoms with van der Waals surface area (Å²) in [6.07, 6.45) is 7.26. The molecule has 0 saturated heterocycles. The lowest BCUT2D eigenvalue weighted by molar-refractivity contribution is 0.333. The molecular weight excluding hydrogens is 112 g/mol. The van der Waals surface area contributed by atoms with Gasteiger partial charge in [-0.25, -0.2) is 0 Å². The minimum atomic E-state index is 0.0205. The molecule has 1 heteroatoms. The maximum absolute atomic E-state index is 8.64. The molecule has 0 bridgehead atoms. The number of aliphatic hydroxyl groups excluding tert-OH is 1. The highest BCUT2D eigenvalue weighted by atomic mass is 16.3. The van der Waals surface area contributed by atoms with Crippen LogP contribution in [0.2, 0.25) is 0 Å². The molecule has 0 saturated carbocycles. The topological polar surface area (TPSA) is 20.2 Å². The maximum atomic E-state index is 8.64. The van der Waals surface area contributed by atoms with Gasteiger partial charge in [0.15, 0.2) is 0 Å². The molecule has 1 aliphatic rings. The Bertz CT molecular complexity index is 175. The molecule has 0 aromatic rings. The molecule has 0 heterocycles. The Kier molecular flexibility index (Phi) is 1.69. The van der Waals surface area contributed by atoms with E-state index in [9.17, 15) is 0 Å². The molecule has 1 aliphatic carbocycles. The highest BCUT2D eigenvalue weighted by molar-refractivity contribution is 5.43. The first-order valence-corrected chi connectivity index (χ1v) is 2.79. The maximum Gasteiger partial charge on any atom is 0.0260 e. The Morgan fingerprint density at radius 3 is 2.89 bits per heavy atom. The zero-order valence-corrected chi connectivity index (χ0v) is 5.04. The zero-order valence-electron chi connectivity index (χ0n) is 5.04. The van der Waals surface area contributed by atoms with E-state index in [-0.39, 0.29) is 6.61 Å². The summed E-state index contributed by atoms with van der Waals surface area (Å²) in [7, 11) is 0. The SMILES string of the molecule is [CH+]=C1C=C[CH-]C=C1CO. The Balaban J connectivity index is 2.71. The summed E-state index contributed by atoms with van der Waals surface area (Å²) in [5, 5.41) is 8.64. The molecular formula is C8H8O. The van der Waals surface area contributed by atoms with Gasteiger partial charge in [-0.2, -0.15) is 18.6 Å². The Labute approximate surface area is 55.0 Å². The summed E-state index contributed by atoms with van der Waals surface area (Å²) < 4.78 is 0. The van der Waals surface area contributed by atoms with Gasteiger partial charge in [-0.15, -0.1) is 11.6 Å². The molecule has 1 nitrogen and oxygen atoms in total. The predicted octanol–water partition coefficient (Wildman–Crippen LogP) is 1.04.